The number of ether oxygens (including phenoxy) is 1. The molecule has 4 nitrogen and oxygen atoms in total. The zero-order valence-electron chi connectivity index (χ0n) is 10.8. The van der Waals surface area contributed by atoms with Crippen molar-refractivity contribution in [1.82, 2.24) is 4.90 Å². The molecule has 19 heavy (non-hydrogen) atoms. The Labute approximate surface area is 112 Å². The van der Waals surface area contributed by atoms with E-state index in [0.717, 1.165) is 25.0 Å². The largest absolute Gasteiger partial charge is 0.377 e. The molecular formula is C14H19FN2O2. The van der Waals surface area contributed by atoms with Crippen LogP contribution in [0.15, 0.2) is 24.3 Å². The normalized spacial score (nSPS) is 18.9. The predicted molar refractivity (Wildman–Crippen MR) is 69.8 cm³/mol. The van der Waals surface area contributed by atoms with Gasteiger partial charge in [-0.3, -0.25) is 9.69 Å². The summed E-state index contributed by atoms with van der Waals surface area (Å²) in [5, 5.41) is 0. The van der Waals surface area contributed by atoms with Gasteiger partial charge in [0.05, 0.1) is 12.6 Å². The SMILES string of the molecule is NC(=O)CN(Cc1cccc(F)c1)CC1CCCO1. The molecule has 0 spiro atoms. The molecule has 2 N–H and O–H groups in total. The van der Waals surface area contributed by atoms with E-state index in [1.807, 2.05) is 11.0 Å². The second kappa shape index (κ2) is 6.63. The number of carbonyl (C=O) groups is 1. The molecule has 1 unspecified atom stereocenters. The molecule has 1 heterocycles. The number of hydrogen-bond acceptors (Lipinski definition) is 3. The van der Waals surface area contributed by atoms with E-state index >= 15 is 0 Å². The molecule has 1 aromatic rings. The maximum atomic E-state index is 13.2. The van der Waals surface area contributed by atoms with E-state index in [-0.39, 0.29) is 24.4 Å². The highest BCUT2D eigenvalue weighted by Gasteiger charge is 2.20. The van der Waals surface area contributed by atoms with Gasteiger partial charge >= 0.3 is 0 Å². The topological polar surface area (TPSA) is 55.6 Å². The molecule has 0 bridgehead atoms. The number of benzene rings is 1. The van der Waals surface area contributed by atoms with Gasteiger partial charge in [-0.25, -0.2) is 4.39 Å². The molecule has 1 fully saturated rings. The minimum atomic E-state index is -0.380. The molecule has 1 saturated heterocycles. The van der Waals surface area contributed by atoms with Crippen molar-refractivity contribution in [2.45, 2.75) is 25.5 Å². The molecule has 0 aliphatic carbocycles. The molecule has 1 amide bonds. The van der Waals surface area contributed by atoms with Crippen LogP contribution < -0.4 is 5.73 Å². The van der Waals surface area contributed by atoms with Crippen LogP contribution in [0.5, 0.6) is 0 Å². The molecule has 1 aromatic carbocycles. The van der Waals surface area contributed by atoms with Crippen LogP contribution in [0.3, 0.4) is 0 Å². The number of carbonyl (C=O) groups excluding carboxylic acids is 1. The lowest BCUT2D eigenvalue weighted by atomic mass is 10.1. The van der Waals surface area contributed by atoms with Crippen LogP contribution in [-0.2, 0) is 16.1 Å². The number of halogens is 1. The van der Waals surface area contributed by atoms with Crippen LogP contribution >= 0.6 is 0 Å². The van der Waals surface area contributed by atoms with Gasteiger partial charge in [0.15, 0.2) is 0 Å². The van der Waals surface area contributed by atoms with Gasteiger partial charge in [0, 0.05) is 19.7 Å². The van der Waals surface area contributed by atoms with Crippen LogP contribution in [0.25, 0.3) is 0 Å². The summed E-state index contributed by atoms with van der Waals surface area (Å²) in [5.74, 6) is -0.650. The summed E-state index contributed by atoms with van der Waals surface area (Å²) in [7, 11) is 0. The molecule has 0 saturated carbocycles. The molecular weight excluding hydrogens is 247 g/mol. The van der Waals surface area contributed by atoms with E-state index in [1.165, 1.54) is 12.1 Å². The quantitative estimate of drug-likeness (QED) is 0.844. The van der Waals surface area contributed by atoms with Crippen molar-refractivity contribution in [2.75, 3.05) is 19.7 Å². The average Bonchev–Trinajstić information content (AvgIpc) is 2.80. The first-order valence-electron chi connectivity index (χ1n) is 6.50. The minimum Gasteiger partial charge on any atom is -0.377 e. The number of nitrogens with zero attached hydrogens (tertiary/aromatic N) is 1. The third-order valence-electron chi connectivity index (χ3n) is 3.16. The summed E-state index contributed by atoms with van der Waals surface area (Å²) in [6.07, 6.45) is 2.20. The monoisotopic (exact) mass is 266 g/mol. The molecule has 1 aliphatic rings. The van der Waals surface area contributed by atoms with Crippen LogP contribution in [0.4, 0.5) is 4.39 Å². The van der Waals surface area contributed by atoms with Gasteiger partial charge in [-0.05, 0) is 30.5 Å². The summed E-state index contributed by atoms with van der Waals surface area (Å²) in [6, 6.07) is 6.39. The van der Waals surface area contributed by atoms with Crippen molar-refractivity contribution in [3.8, 4) is 0 Å². The number of rotatable bonds is 6. The first-order chi connectivity index (χ1) is 9.13. The lowest BCUT2D eigenvalue weighted by Gasteiger charge is -2.23. The zero-order valence-corrected chi connectivity index (χ0v) is 10.8. The van der Waals surface area contributed by atoms with Gasteiger partial charge in [0.2, 0.25) is 5.91 Å². The molecule has 2 rings (SSSR count). The predicted octanol–water partition coefficient (Wildman–Crippen LogP) is 1.29. The average molecular weight is 266 g/mol. The van der Waals surface area contributed by atoms with Crippen molar-refractivity contribution in [2.24, 2.45) is 5.73 Å². The third kappa shape index (κ3) is 4.61. The van der Waals surface area contributed by atoms with E-state index < -0.39 is 0 Å². The van der Waals surface area contributed by atoms with Crippen LogP contribution in [0.2, 0.25) is 0 Å². The summed E-state index contributed by atoms with van der Waals surface area (Å²) in [6.45, 7) is 2.09. The number of nitrogens with two attached hydrogens (primary N) is 1. The Bertz CT molecular complexity index is 433. The Hall–Kier alpha value is -1.46. The zero-order chi connectivity index (χ0) is 13.7. The molecule has 0 radical (unpaired) electrons. The first-order valence-corrected chi connectivity index (χ1v) is 6.50. The Kier molecular flexibility index (Phi) is 4.87. The maximum absolute atomic E-state index is 13.2. The smallest absolute Gasteiger partial charge is 0.231 e. The molecule has 1 atom stereocenters. The number of hydrogen-bond donors (Lipinski definition) is 1. The first kappa shape index (κ1) is 14.0. The Morgan fingerprint density at radius 3 is 3.00 bits per heavy atom. The third-order valence-corrected chi connectivity index (χ3v) is 3.16. The standard InChI is InChI=1S/C14H19FN2O2/c15-12-4-1-3-11(7-12)8-17(10-14(16)18)9-13-5-2-6-19-13/h1,3-4,7,13H,2,5-6,8-10H2,(H2,16,18). The summed E-state index contributed by atoms with van der Waals surface area (Å²) >= 11 is 0. The van der Waals surface area contributed by atoms with Gasteiger partial charge in [-0.15, -0.1) is 0 Å². The van der Waals surface area contributed by atoms with Crippen molar-refractivity contribution in [3.63, 3.8) is 0 Å². The van der Waals surface area contributed by atoms with Gasteiger partial charge < -0.3 is 10.5 Å². The van der Waals surface area contributed by atoms with Crippen LogP contribution in [0.1, 0.15) is 18.4 Å². The lowest BCUT2D eigenvalue weighted by molar-refractivity contribution is -0.119. The highest BCUT2D eigenvalue weighted by Crippen LogP contribution is 2.15. The van der Waals surface area contributed by atoms with E-state index in [2.05, 4.69) is 0 Å². The fourth-order valence-corrected chi connectivity index (χ4v) is 2.38. The van der Waals surface area contributed by atoms with Gasteiger partial charge in [0.1, 0.15) is 5.82 Å². The number of amides is 1. The Balaban J connectivity index is 1.98. The molecule has 0 aromatic heterocycles. The van der Waals surface area contributed by atoms with E-state index in [9.17, 15) is 9.18 Å². The van der Waals surface area contributed by atoms with Crippen molar-refractivity contribution in [3.05, 3.63) is 35.6 Å². The molecule has 5 heteroatoms. The lowest BCUT2D eigenvalue weighted by Crippen LogP contribution is -2.38. The van der Waals surface area contributed by atoms with Crippen molar-refractivity contribution in [1.29, 1.82) is 0 Å². The Morgan fingerprint density at radius 1 is 1.53 bits per heavy atom. The van der Waals surface area contributed by atoms with Crippen LogP contribution in [0, 0.1) is 5.82 Å². The second-order valence-corrected chi connectivity index (χ2v) is 4.90. The highest BCUT2D eigenvalue weighted by atomic mass is 19.1. The second-order valence-electron chi connectivity index (χ2n) is 4.90. The van der Waals surface area contributed by atoms with Crippen molar-refractivity contribution < 1.29 is 13.9 Å². The fraction of sp³-hybridized carbons (Fsp3) is 0.500. The summed E-state index contributed by atoms with van der Waals surface area (Å²) in [4.78, 5) is 13.0. The van der Waals surface area contributed by atoms with Gasteiger partial charge in [-0.1, -0.05) is 12.1 Å². The van der Waals surface area contributed by atoms with Crippen LogP contribution in [-0.4, -0.2) is 36.6 Å². The van der Waals surface area contributed by atoms with E-state index in [0.29, 0.717) is 13.1 Å². The minimum absolute atomic E-state index is 0.146. The summed E-state index contributed by atoms with van der Waals surface area (Å²) < 4.78 is 18.7. The Morgan fingerprint density at radius 2 is 2.37 bits per heavy atom. The van der Waals surface area contributed by atoms with Gasteiger partial charge in [0.25, 0.3) is 0 Å². The van der Waals surface area contributed by atoms with E-state index in [1.54, 1.807) is 6.07 Å². The molecule has 104 valence electrons. The fourth-order valence-electron chi connectivity index (χ4n) is 2.38. The number of primary amides is 1. The van der Waals surface area contributed by atoms with E-state index in [4.69, 9.17) is 10.5 Å². The van der Waals surface area contributed by atoms with Crippen molar-refractivity contribution >= 4 is 5.91 Å². The highest BCUT2D eigenvalue weighted by molar-refractivity contribution is 5.75. The molecule has 1 aliphatic heterocycles. The summed E-state index contributed by atoms with van der Waals surface area (Å²) in [5.41, 5.74) is 6.09. The van der Waals surface area contributed by atoms with Gasteiger partial charge in [-0.2, -0.15) is 0 Å². The maximum Gasteiger partial charge on any atom is 0.231 e.